The average Bonchev–Trinajstić information content (AvgIpc) is 3.64. The van der Waals surface area contributed by atoms with E-state index in [0.29, 0.717) is 31.7 Å². The molecule has 1 aromatic rings. The molecule has 37 heavy (non-hydrogen) atoms. The third-order valence-electron chi connectivity index (χ3n) is 7.16. The second kappa shape index (κ2) is 10.5. The van der Waals surface area contributed by atoms with Crippen molar-refractivity contribution in [3.63, 3.8) is 0 Å². The lowest BCUT2D eigenvalue weighted by atomic mass is 9.98. The monoisotopic (exact) mass is 531 g/mol. The largest absolute Gasteiger partial charge is 0.498 e. The van der Waals surface area contributed by atoms with E-state index < -0.39 is 22.8 Å². The second-order valence-electron chi connectivity index (χ2n) is 10.3. The van der Waals surface area contributed by atoms with Crippen LogP contribution in [0.1, 0.15) is 64.0 Å². The maximum atomic E-state index is 13.5. The summed E-state index contributed by atoms with van der Waals surface area (Å²) in [5.74, 6) is 1.02. The predicted molar refractivity (Wildman–Crippen MR) is 141 cm³/mol. The summed E-state index contributed by atoms with van der Waals surface area (Å²) in [6.45, 7) is 6.81. The zero-order chi connectivity index (χ0) is 27.0. The second-order valence-corrected chi connectivity index (χ2v) is 10.6. The average molecular weight is 532 g/mol. The first-order valence-electron chi connectivity index (χ1n) is 12.5. The van der Waals surface area contributed by atoms with Gasteiger partial charge in [0.1, 0.15) is 5.84 Å². The van der Waals surface area contributed by atoms with Gasteiger partial charge in [-0.3, -0.25) is 10.3 Å². The molecule has 10 heteroatoms. The van der Waals surface area contributed by atoms with Gasteiger partial charge >= 0.3 is 6.18 Å². The molecule has 1 unspecified atom stereocenters. The molecule has 6 nitrogen and oxygen atoms in total. The van der Waals surface area contributed by atoms with Gasteiger partial charge in [-0.05, 0) is 82.9 Å². The number of alkyl halides is 3. The Morgan fingerprint density at radius 2 is 2.00 bits per heavy atom. The first-order chi connectivity index (χ1) is 17.4. The van der Waals surface area contributed by atoms with Crippen molar-refractivity contribution in [2.75, 3.05) is 18.1 Å². The van der Waals surface area contributed by atoms with Gasteiger partial charge < -0.3 is 15.0 Å². The topological polar surface area (TPSA) is 75.4 Å². The number of halogens is 3. The minimum absolute atomic E-state index is 0.0813. The van der Waals surface area contributed by atoms with Gasteiger partial charge in [0.15, 0.2) is 5.11 Å². The third-order valence-corrected chi connectivity index (χ3v) is 7.57. The molecule has 1 saturated carbocycles. The Bertz CT molecular complexity index is 1180. The van der Waals surface area contributed by atoms with Crippen molar-refractivity contribution in [1.29, 1.82) is 10.7 Å². The number of amidine groups is 1. The number of allylic oxidation sites excluding steroid dienone is 3. The van der Waals surface area contributed by atoms with Crippen LogP contribution in [0, 0.1) is 16.7 Å². The van der Waals surface area contributed by atoms with Crippen molar-refractivity contribution in [3.8, 4) is 6.07 Å². The van der Waals surface area contributed by atoms with E-state index in [4.69, 9.17) is 27.6 Å². The molecule has 0 spiro atoms. The van der Waals surface area contributed by atoms with Crippen molar-refractivity contribution in [1.82, 2.24) is 10.2 Å². The molecule has 1 aliphatic heterocycles. The summed E-state index contributed by atoms with van der Waals surface area (Å²) in [7, 11) is 0. The standard InChI is InChI=1S/C27H32F3N5OS/c1-17(33-20-8-9-20)18-6-11-22(12-7-18)36-14-4-13-34-25(37)35(24(32)26(34,2)3)21-10-5-19(16-31)23(15-21)27(28,29)30/h5-6,10-11,15,17,20,32-33H,4,7-9,12-14H2,1-3H3. The lowest BCUT2D eigenvalue weighted by Crippen LogP contribution is -2.44. The zero-order valence-corrected chi connectivity index (χ0v) is 22.1. The molecule has 0 radical (unpaired) electrons. The smallest absolute Gasteiger partial charge is 0.417 e. The quantitative estimate of drug-likeness (QED) is 0.306. The first kappa shape index (κ1) is 27.1. The molecule has 1 atom stereocenters. The van der Waals surface area contributed by atoms with Gasteiger partial charge in [-0.1, -0.05) is 11.6 Å². The Kier molecular flexibility index (Phi) is 7.67. The van der Waals surface area contributed by atoms with Gasteiger partial charge in [0, 0.05) is 25.0 Å². The number of rotatable bonds is 9. The number of hydrogen-bond donors (Lipinski definition) is 2. The van der Waals surface area contributed by atoms with E-state index in [9.17, 15) is 13.2 Å². The highest BCUT2D eigenvalue weighted by atomic mass is 32.1. The van der Waals surface area contributed by atoms with Crippen LogP contribution in [0.4, 0.5) is 18.9 Å². The van der Waals surface area contributed by atoms with Crippen LogP contribution in [-0.2, 0) is 10.9 Å². The Labute approximate surface area is 221 Å². The highest BCUT2D eigenvalue weighted by Gasteiger charge is 2.47. The number of nitrogens with zero attached hydrogens (tertiary/aromatic N) is 3. The van der Waals surface area contributed by atoms with Crippen LogP contribution >= 0.6 is 12.2 Å². The van der Waals surface area contributed by atoms with E-state index in [-0.39, 0.29) is 16.6 Å². The van der Waals surface area contributed by atoms with Crippen LogP contribution in [0.2, 0.25) is 0 Å². The van der Waals surface area contributed by atoms with E-state index in [1.165, 1.54) is 29.4 Å². The molecule has 4 rings (SSSR count). The third kappa shape index (κ3) is 5.83. The molecule has 0 bridgehead atoms. The summed E-state index contributed by atoms with van der Waals surface area (Å²) >= 11 is 5.61. The van der Waals surface area contributed by atoms with Gasteiger partial charge in [-0.25, -0.2) is 0 Å². The molecule has 1 saturated heterocycles. The van der Waals surface area contributed by atoms with Crippen LogP contribution in [0.25, 0.3) is 0 Å². The normalized spacial score (nSPS) is 20.5. The van der Waals surface area contributed by atoms with Gasteiger partial charge in [-0.15, -0.1) is 0 Å². The Hall–Kier alpha value is -2.90. The molecule has 1 aromatic carbocycles. The van der Waals surface area contributed by atoms with E-state index >= 15 is 0 Å². The fourth-order valence-electron chi connectivity index (χ4n) is 4.73. The van der Waals surface area contributed by atoms with Gasteiger partial charge in [0.05, 0.1) is 40.8 Å². The lowest BCUT2D eigenvalue weighted by Gasteiger charge is -2.30. The molecular formula is C27H32F3N5OS. The van der Waals surface area contributed by atoms with Crippen molar-refractivity contribution in [2.45, 2.75) is 76.7 Å². The summed E-state index contributed by atoms with van der Waals surface area (Å²) in [6.07, 6.45) is 4.47. The summed E-state index contributed by atoms with van der Waals surface area (Å²) in [5.41, 5.74) is -0.806. The molecule has 0 amide bonds. The number of anilines is 1. The highest BCUT2D eigenvalue weighted by molar-refractivity contribution is 7.80. The fraction of sp³-hybridized carbons (Fsp3) is 0.519. The van der Waals surface area contributed by atoms with E-state index in [0.717, 1.165) is 30.7 Å². The highest BCUT2D eigenvalue weighted by Crippen LogP contribution is 2.38. The molecule has 3 aliphatic rings. The molecule has 198 valence electrons. The summed E-state index contributed by atoms with van der Waals surface area (Å²) in [6, 6.07) is 6.04. The molecule has 1 heterocycles. The molecule has 2 fully saturated rings. The molecule has 2 N–H and O–H groups in total. The zero-order valence-electron chi connectivity index (χ0n) is 21.3. The predicted octanol–water partition coefficient (Wildman–Crippen LogP) is 5.89. The Morgan fingerprint density at radius 3 is 2.59 bits per heavy atom. The minimum atomic E-state index is -4.69. The van der Waals surface area contributed by atoms with Crippen molar-refractivity contribution < 1.29 is 17.9 Å². The summed E-state index contributed by atoms with van der Waals surface area (Å²) in [4.78, 5) is 3.19. The molecular weight excluding hydrogens is 499 g/mol. The fourth-order valence-corrected chi connectivity index (χ4v) is 5.24. The Balaban J connectivity index is 1.37. The van der Waals surface area contributed by atoms with Crippen LogP contribution < -0.4 is 10.2 Å². The van der Waals surface area contributed by atoms with Crippen molar-refractivity contribution in [2.24, 2.45) is 0 Å². The Morgan fingerprint density at radius 1 is 1.27 bits per heavy atom. The maximum absolute atomic E-state index is 13.5. The SMILES string of the molecule is CC(NC1CC1)C1=CC=C(OCCCN2C(=S)N(c3ccc(C#N)c(C(F)(F)F)c3)C(=N)C2(C)C)CC1. The van der Waals surface area contributed by atoms with Crippen LogP contribution in [0.5, 0.6) is 0 Å². The number of hydrogen-bond acceptors (Lipinski definition) is 5. The van der Waals surface area contributed by atoms with Gasteiger partial charge in [0.25, 0.3) is 0 Å². The van der Waals surface area contributed by atoms with Crippen LogP contribution in [0.15, 0.2) is 41.7 Å². The van der Waals surface area contributed by atoms with Gasteiger partial charge in [0.2, 0.25) is 0 Å². The van der Waals surface area contributed by atoms with Crippen molar-refractivity contribution >= 4 is 28.9 Å². The van der Waals surface area contributed by atoms with Crippen LogP contribution in [-0.4, -0.2) is 46.6 Å². The first-order valence-corrected chi connectivity index (χ1v) is 12.9. The summed E-state index contributed by atoms with van der Waals surface area (Å²) < 4.78 is 46.5. The number of nitrogens with one attached hydrogen (secondary N) is 2. The number of thiocarbonyl (C=S) groups is 1. The van der Waals surface area contributed by atoms with Crippen LogP contribution in [0.3, 0.4) is 0 Å². The van der Waals surface area contributed by atoms with E-state index in [1.807, 2.05) is 24.8 Å². The number of ether oxygens (including phenoxy) is 1. The molecule has 0 aromatic heterocycles. The van der Waals surface area contributed by atoms with Gasteiger partial charge in [-0.2, -0.15) is 18.4 Å². The number of benzene rings is 1. The van der Waals surface area contributed by atoms with E-state index in [1.54, 1.807) is 6.07 Å². The van der Waals surface area contributed by atoms with Crippen molar-refractivity contribution in [3.05, 3.63) is 52.8 Å². The lowest BCUT2D eigenvalue weighted by molar-refractivity contribution is -0.137. The van der Waals surface area contributed by atoms with E-state index in [2.05, 4.69) is 18.3 Å². The summed E-state index contributed by atoms with van der Waals surface area (Å²) in [5, 5.41) is 21.6. The maximum Gasteiger partial charge on any atom is 0.417 e. The molecule has 2 aliphatic carbocycles. The minimum Gasteiger partial charge on any atom is -0.498 e. The number of nitriles is 1.